The Labute approximate surface area is 164 Å². The van der Waals surface area contributed by atoms with Crippen LogP contribution in [0.2, 0.25) is 0 Å². The molecule has 8 heteroatoms. The predicted molar refractivity (Wildman–Crippen MR) is 110 cm³/mol. The Balaban J connectivity index is 2.21. The number of nitrogens with two attached hydrogens (primary N) is 1. The van der Waals surface area contributed by atoms with Crippen molar-refractivity contribution in [2.24, 2.45) is 0 Å². The van der Waals surface area contributed by atoms with Crippen LogP contribution in [0.4, 0.5) is 5.69 Å². The summed E-state index contributed by atoms with van der Waals surface area (Å²) in [7, 11) is 8.77. The SMILES string of the molecule is COc1ccc(-c2ssc(=O)c2-c2cc(OC)c(OC)c(OC)c2)cc1N. The minimum absolute atomic E-state index is 0.0429. The monoisotopic (exact) mass is 405 g/mol. The van der Waals surface area contributed by atoms with Gasteiger partial charge in [-0.1, -0.05) is 10.3 Å². The summed E-state index contributed by atoms with van der Waals surface area (Å²) < 4.78 is 21.4. The van der Waals surface area contributed by atoms with Crippen LogP contribution >= 0.6 is 20.7 Å². The summed E-state index contributed by atoms with van der Waals surface area (Å²) in [5.41, 5.74) is 8.67. The summed E-state index contributed by atoms with van der Waals surface area (Å²) in [4.78, 5) is 13.5. The molecule has 0 unspecified atom stereocenters. The minimum Gasteiger partial charge on any atom is -0.495 e. The maximum absolute atomic E-state index is 12.6. The van der Waals surface area contributed by atoms with Gasteiger partial charge in [0.25, 0.3) is 4.74 Å². The molecule has 142 valence electrons. The van der Waals surface area contributed by atoms with Crippen molar-refractivity contribution < 1.29 is 18.9 Å². The molecule has 0 bridgehead atoms. The molecule has 3 rings (SSSR count). The smallest absolute Gasteiger partial charge is 0.251 e. The van der Waals surface area contributed by atoms with E-state index in [1.165, 1.54) is 27.8 Å². The zero-order chi connectivity index (χ0) is 19.6. The highest BCUT2D eigenvalue weighted by molar-refractivity contribution is 7.70. The molecule has 0 amide bonds. The summed E-state index contributed by atoms with van der Waals surface area (Å²) in [5, 5.41) is 0. The van der Waals surface area contributed by atoms with E-state index in [1.807, 2.05) is 6.07 Å². The Hall–Kier alpha value is -2.71. The van der Waals surface area contributed by atoms with Crippen molar-refractivity contribution >= 4 is 26.4 Å². The third-order valence-electron chi connectivity index (χ3n) is 4.08. The lowest BCUT2D eigenvalue weighted by molar-refractivity contribution is 0.324. The molecule has 0 spiro atoms. The van der Waals surface area contributed by atoms with Crippen molar-refractivity contribution in [2.45, 2.75) is 0 Å². The van der Waals surface area contributed by atoms with Gasteiger partial charge in [-0.2, -0.15) is 0 Å². The maximum atomic E-state index is 12.6. The van der Waals surface area contributed by atoms with Crippen LogP contribution in [0, 0.1) is 0 Å². The molecule has 1 aromatic heterocycles. The van der Waals surface area contributed by atoms with Gasteiger partial charge in [0.2, 0.25) is 5.75 Å². The second-order valence-electron chi connectivity index (χ2n) is 5.53. The lowest BCUT2D eigenvalue weighted by Gasteiger charge is -2.14. The number of benzene rings is 2. The van der Waals surface area contributed by atoms with Crippen LogP contribution in [-0.2, 0) is 0 Å². The molecule has 3 aromatic rings. The molecule has 6 nitrogen and oxygen atoms in total. The molecule has 0 aliphatic carbocycles. The lowest BCUT2D eigenvalue weighted by Crippen LogP contribution is -2.00. The lowest BCUT2D eigenvalue weighted by atomic mass is 10.0. The molecule has 0 radical (unpaired) electrons. The predicted octanol–water partition coefficient (Wildman–Crippen LogP) is 4.12. The second-order valence-corrected chi connectivity index (χ2v) is 7.64. The quantitative estimate of drug-likeness (QED) is 0.491. The van der Waals surface area contributed by atoms with Crippen molar-refractivity contribution in [2.75, 3.05) is 34.2 Å². The van der Waals surface area contributed by atoms with Gasteiger partial charge in [-0.05, 0) is 51.8 Å². The largest absolute Gasteiger partial charge is 0.495 e. The van der Waals surface area contributed by atoms with E-state index in [4.69, 9.17) is 24.7 Å². The first kappa shape index (κ1) is 19.1. The fourth-order valence-electron chi connectivity index (χ4n) is 2.80. The first-order valence-corrected chi connectivity index (χ1v) is 10.1. The number of anilines is 1. The number of hydrogen-bond acceptors (Lipinski definition) is 8. The molecule has 1 heterocycles. The zero-order valence-electron chi connectivity index (χ0n) is 15.3. The number of ether oxygens (including phenoxy) is 4. The summed E-state index contributed by atoms with van der Waals surface area (Å²) in [6.07, 6.45) is 0. The van der Waals surface area contributed by atoms with Crippen LogP contribution in [0.1, 0.15) is 0 Å². The summed E-state index contributed by atoms with van der Waals surface area (Å²) in [5.74, 6) is 2.05. The van der Waals surface area contributed by atoms with Crippen molar-refractivity contribution in [3.63, 3.8) is 0 Å². The molecule has 0 fully saturated rings. The average molecular weight is 405 g/mol. The van der Waals surface area contributed by atoms with E-state index in [-0.39, 0.29) is 4.74 Å². The summed E-state index contributed by atoms with van der Waals surface area (Å²) >= 11 is 0. The van der Waals surface area contributed by atoms with E-state index < -0.39 is 0 Å². The van der Waals surface area contributed by atoms with Crippen LogP contribution in [0.15, 0.2) is 35.1 Å². The van der Waals surface area contributed by atoms with Crippen LogP contribution in [-0.4, -0.2) is 28.4 Å². The Morgan fingerprint density at radius 1 is 0.778 bits per heavy atom. The highest BCUT2D eigenvalue weighted by atomic mass is 32.9. The molecular weight excluding hydrogens is 386 g/mol. The highest BCUT2D eigenvalue weighted by Crippen LogP contribution is 2.44. The molecule has 0 aliphatic rings. The normalized spacial score (nSPS) is 10.5. The molecule has 0 aliphatic heterocycles. The Morgan fingerprint density at radius 2 is 1.41 bits per heavy atom. The third-order valence-corrected chi connectivity index (χ3v) is 6.33. The summed E-state index contributed by atoms with van der Waals surface area (Å²) in [6, 6.07) is 9.02. The number of rotatable bonds is 6. The average Bonchev–Trinajstić information content (AvgIpc) is 3.08. The fraction of sp³-hybridized carbons (Fsp3) is 0.211. The first-order valence-electron chi connectivity index (χ1n) is 7.91. The Bertz CT molecular complexity index is 1000. The topological polar surface area (TPSA) is 80.0 Å². The number of nitrogen functional groups attached to an aromatic ring is 1. The van der Waals surface area contributed by atoms with Crippen molar-refractivity contribution in [1.82, 2.24) is 0 Å². The number of methoxy groups -OCH3 is 4. The van der Waals surface area contributed by atoms with Crippen LogP contribution < -0.4 is 29.4 Å². The highest BCUT2D eigenvalue weighted by Gasteiger charge is 2.20. The van der Waals surface area contributed by atoms with Crippen LogP contribution in [0.5, 0.6) is 23.0 Å². The van der Waals surface area contributed by atoms with Gasteiger partial charge in [0.15, 0.2) is 11.5 Å². The minimum atomic E-state index is -0.0429. The van der Waals surface area contributed by atoms with Crippen molar-refractivity contribution in [3.05, 3.63) is 39.9 Å². The zero-order valence-corrected chi connectivity index (χ0v) is 17.0. The van der Waals surface area contributed by atoms with E-state index in [0.717, 1.165) is 10.4 Å². The molecule has 2 aromatic carbocycles. The van der Waals surface area contributed by atoms with E-state index >= 15 is 0 Å². The van der Waals surface area contributed by atoms with Crippen LogP contribution in [0.25, 0.3) is 21.6 Å². The molecule has 0 atom stereocenters. The maximum Gasteiger partial charge on any atom is 0.251 e. The van der Waals surface area contributed by atoms with Gasteiger partial charge >= 0.3 is 0 Å². The van der Waals surface area contributed by atoms with Gasteiger partial charge < -0.3 is 24.7 Å². The third kappa shape index (κ3) is 3.45. The molecule has 27 heavy (non-hydrogen) atoms. The van der Waals surface area contributed by atoms with E-state index in [0.29, 0.717) is 39.8 Å². The van der Waals surface area contributed by atoms with Gasteiger partial charge in [-0.25, -0.2) is 0 Å². The fourth-order valence-corrected chi connectivity index (χ4v) is 5.11. The van der Waals surface area contributed by atoms with Gasteiger partial charge in [-0.3, -0.25) is 4.79 Å². The second kappa shape index (κ2) is 7.89. The standard InChI is InChI=1S/C19H19NO5S2/c1-22-13-6-5-10(7-12(13)20)18-16(19(21)27-26-18)11-8-14(23-2)17(25-4)15(9-11)24-3/h5-9H,20H2,1-4H3. The number of hydrogen-bond donors (Lipinski definition) is 1. The molecular formula is C19H19NO5S2. The van der Waals surface area contributed by atoms with Crippen LogP contribution in [0.3, 0.4) is 0 Å². The van der Waals surface area contributed by atoms with Crippen molar-refractivity contribution in [3.8, 4) is 44.6 Å². The van der Waals surface area contributed by atoms with E-state index in [1.54, 1.807) is 45.6 Å². The van der Waals surface area contributed by atoms with E-state index in [9.17, 15) is 4.79 Å². The summed E-state index contributed by atoms with van der Waals surface area (Å²) in [6.45, 7) is 0. The van der Waals surface area contributed by atoms with Crippen molar-refractivity contribution in [1.29, 1.82) is 0 Å². The van der Waals surface area contributed by atoms with Gasteiger partial charge in [-0.15, -0.1) is 0 Å². The molecule has 0 saturated heterocycles. The van der Waals surface area contributed by atoms with Gasteiger partial charge in [0, 0.05) is 0 Å². The molecule has 2 N–H and O–H groups in total. The van der Waals surface area contributed by atoms with Gasteiger partial charge in [0.1, 0.15) is 5.75 Å². The Kier molecular flexibility index (Phi) is 5.57. The Morgan fingerprint density at radius 3 is 1.93 bits per heavy atom. The van der Waals surface area contributed by atoms with Gasteiger partial charge in [0.05, 0.1) is 44.6 Å². The van der Waals surface area contributed by atoms with E-state index in [2.05, 4.69) is 0 Å². The first-order chi connectivity index (χ1) is 13.0. The molecule has 0 saturated carbocycles.